The van der Waals surface area contributed by atoms with Gasteiger partial charge in [0.15, 0.2) is 0 Å². The quantitative estimate of drug-likeness (QED) is 0.846. The van der Waals surface area contributed by atoms with E-state index in [0.717, 1.165) is 16.5 Å². The van der Waals surface area contributed by atoms with Crippen molar-refractivity contribution in [3.63, 3.8) is 0 Å². The lowest BCUT2D eigenvalue weighted by Crippen LogP contribution is -2.34. The van der Waals surface area contributed by atoms with Gasteiger partial charge in [-0.15, -0.1) is 0 Å². The number of halogens is 1. The number of urea groups is 1. The third-order valence-corrected chi connectivity index (χ3v) is 3.68. The molecule has 0 heterocycles. The number of carbonyl (C=O) groups is 1. The molecule has 0 unspecified atom stereocenters. The summed E-state index contributed by atoms with van der Waals surface area (Å²) in [6, 6.07) is 7.93. The first-order valence-corrected chi connectivity index (χ1v) is 7.54. The van der Waals surface area contributed by atoms with Crippen molar-refractivity contribution in [2.75, 3.05) is 6.54 Å². The van der Waals surface area contributed by atoms with E-state index < -0.39 is 0 Å². The van der Waals surface area contributed by atoms with Crippen LogP contribution in [0.25, 0.3) is 0 Å². The monoisotopic (exact) mass is 338 g/mol. The van der Waals surface area contributed by atoms with Crippen molar-refractivity contribution in [2.45, 2.75) is 34.1 Å². The van der Waals surface area contributed by atoms with Gasteiger partial charge in [-0.25, -0.2) is 4.79 Å². The highest BCUT2D eigenvalue weighted by atomic mass is 79.9. The maximum Gasteiger partial charge on any atom is 0.318 e. The molecule has 0 atom stereocenters. The molecule has 0 aromatic heterocycles. The van der Waals surface area contributed by atoms with Gasteiger partial charge in [-0.2, -0.15) is 0 Å². The minimum atomic E-state index is -0.163. The number of carbonyl (C=O) groups excluding carboxylic acids is 1. The van der Waals surface area contributed by atoms with E-state index in [-0.39, 0.29) is 11.4 Å². The van der Waals surface area contributed by atoms with Crippen molar-refractivity contribution in [1.29, 1.82) is 0 Å². The van der Waals surface area contributed by atoms with E-state index in [2.05, 4.69) is 53.4 Å². The largest absolute Gasteiger partial charge is 0.338 e. The Morgan fingerprint density at radius 1 is 1.35 bits per heavy atom. The van der Waals surface area contributed by atoms with Gasteiger partial charge in [0.05, 0.1) is 0 Å². The molecular formula is C16H23BrN2O. The van der Waals surface area contributed by atoms with Gasteiger partial charge in [-0.05, 0) is 36.5 Å². The molecule has 0 saturated heterocycles. The van der Waals surface area contributed by atoms with Crippen molar-refractivity contribution >= 4 is 22.0 Å². The van der Waals surface area contributed by atoms with E-state index in [4.69, 9.17) is 0 Å². The number of allylic oxidation sites excluding steroid dienone is 1. The maximum atomic E-state index is 11.7. The molecule has 0 aliphatic rings. The SMILES string of the molecule is C/C(=C\NC(=O)NCCc1cccc(Br)c1)C(C)(C)C. The Bertz CT molecular complexity index is 489. The standard InChI is InChI=1S/C16H23BrN2O/c1-12(16(2,3)4)11-19-15(20)18-9-8-13-6-5-7-14(17)10-13/h5-7,10-11H,8-9H2,1-4H3,(H2,18,19,20)/b12-11+. The topological polar surface area (TPSA) is 41.1 Å². The summed E-state index contributed by atoms with van der Waals surface area (Å²) in [6.45, 7) is 8.98. The molecule has 0 spiro atoms. The molecule has 1 rings (SSSR count). The van der Waals surface area contributed by atoms with E-state index >= 15 is 0 Å². The van der Waals surface area contributed by atoms with Gasteiger partial charge < -0.3 is 10.6 Å². The molecule has 0 radical (unpaired) electrons. The summed E-state index contributed by atoms with van der Waals surface area (Å²) in [5.41, 5.74) is 2.41. The second kappa shape index (κ2) is 7.48. The van der Waals surface area contributed by atoms with Gasteiger partial charge in [-0.1, -0.05) is 54.4 Å². The predicted molar refractivity (Wildman–Crippen MR) is 87.6 cm³/mol. The maximum absolute atomic E-state index is 11.7. The fourth-order valence-electron chi connectivity index (χ4n) is 1.45. The molecule has 3 nitrogen and oxygen atoms in total. The van der Waals surface area contributed by atoms with E-state index in [1.807, 2.05) is 25.1 Å². The minimum absolute atomic E-state index is 0.0730. The Hall–Kier alpha value is -1.29. The van der Waals surface area contributed by atoms with Crippen LogP contribution in [0.2, 0.25) is 0 Å². The number of amides is 2. The summed E-state index contributed by atoms with van der Waals surface area (Å²) in [5, 5.41) is 5.61. The van der Waals surface area contributed by atoms with Crippen LogP contribution in [0.5, 0.6) is 0 Å². The third kappa shape index (κ3) is 6.24. The Kier molecular flexibility index (Phi) is 6.27. The fraction of sp³-hybridized carbons (Fsp3) is 0.438. The zero-order chi connectivity index (χ0) is 15.2. The highest BCUT2D eigenvalue weighted by molar-refractivity contribution is 9.10. The first-order valence-electron chi connectivity index (χ1n) is 6.75. The van der Waals surface area contributed by atoms with Gasteiger partial charge in [0.1, 0.15) is 0 Å². The summed E-state index contributed by atoms with van der Waals surface area (Å²) in [6.07, 6.45) is 2.59. The molecule has 4 heteroatoms. The number of rotatable bonds is 4. The normalized spacial score (nSPS) is 12.2. The fourth-order valence-corrected chi connectivity index (χ4v) is 1.90. The summed E-state index contributed by atoms with van der Waals surface area (Å²) in [7, 11) is 0. The van der Waals surface area contributed by atoms with Gasteiger partial charge in [0, 0.05) is 17.2 Å². The van der Waals surface area contributed by atoms with Crippen LogP contribution in [0.4, 0.5) is 4.79 Å². The molecule has 0 fully saturated rings. The van der Waals surface area contributed by atoms with Crippen LogP contribution in [-0.2, 0) is 6.42 Å². The molecule has 1 aromatic rings. The Morgan fingerprint density at radius 3 is 2.65 bits per heavy atom. The van der Waals surface area contributed by atoms with Crippen molar-refractivity contribution in [3.8, 4) is 0 Å². The minimum Gasteiger partial charge on any atom is -0.338 e. The van der Waals surface area contributed by atoms with Gasteiger partial charge >= 0.3 is 6.03 Å². The molecule has 0 aliphatic heterocycles. The van der Waals surface area contributed by atoms with Gasteiger partial charge in [0.25, 0.3) is 0 Å². The molecular weight excluding hydrogens is 316 g/mol. The zero-order valence-corrected chi connectivity index (χ0v) is 14.2. The van der Waals surface area contributed by atoms with Crippen LogP contribution < -0.4 is 10.6 Å². The van der Waals surface area contributed by atoms with Crippen molar-refractivity contribution in [1.82, 2.24) is 10.6 Å². The van der Waals surface area contributed by atoms with E-state index in [9.17, 15) is 4.79 Å². The first kappa shape index (κ1) is 16.8. The van der Waals surface area contributed by atoms with Crippen molar-refractivity contribution in [2.24, 2.45) is 5.41 Å². The molecule has 20 heavy (non-hydrogen) atoms. The summed E-state index contributed by atoms with van der Waals surface area (Å²) in [5.74, 6) is 0. The van der Waals surface area contributed by atoms with E-state index in [0.29, 0.717) is 6.54 Å². The van der Waals surface area contributed by atoms with Crippen LogP contribution in [0, 0.1) is 5.41 Å². The number of benzene rings is 1. The van der Waals surface area contributed by atoms with Crippen LogP contribution in [0.3, 0.4) is 0 Å². The predicted octanol–water partition coefficient (Wildman–Crippen LogP) is 4.24. The second-order valence-electron chi connectivity index (χ2n) is 5.86. The molecule has 0 aliphatic carbocycles. The molecule has 110 valence electrons. The van der Waals surface area contributed by atoms with Gasteiger partial charge in [0.2, 0.25) is 0 Å². The smallest absolute Gasteiger partial charge is 0.318 e. The molecule has 0 saturated carbocycles. The highest BCUT2D eigenvalue weighted by Gasteiger charge is 2.12. The third-order valence-electron chi connectivity index (χ3n) is 3.19. The van der Waals surface area contributed by atoms with Crippen molar-refractivity contribution < 1.29 is 4.79 Å². The summed E-state index contributed by atoms with van der Waals surface area (Å²) in [4.78, 5) is 11.7. The van der Waals surface area contributed by atoms with Crippen LogP contribution in [-0.4, -0.2) is 12.6 Å². The van der Waals surface area contributed by atoms with Crippen molar-refractivity contribution in [3.05, 3.63) is 46.1 Å². The highest BCUT2D eigenvalue weighted by Crippen LogP contribution is 2.23. The van der Waals surface area contributed by atoms with E-state index in [1.165, 1.54) is 5.56 Å². The summed E-state index contributed by atoms with van der Waals surface area (Å²) >= 11 is 3.43. The Balaban J connectivity index is 2.34. The zero-order valence-electron chi connectivity index (χ0n) is 12.6. The van der Waals surface area contributed by atoms with Gasteiger partial charge in [-0.3, -0.25) is 0 Å². The lowest BCUT2D eigenvalue weighted by atomic mass is 9.88. The lowest BCUT2D eigenvalue weighted by molar-refractivity contribution is 0.244. The number of hydrogen-bond donors (Lipinski definition) is 2. The molecule has 1 aromatic carbocycles. The second-order valence-corrected chi connectivity index (χ2v) is 6.77. The average Bonchev–Trinajstić information content (AvgIpc) is 2.35. The number of nitrogens with one attached hydrogen (secondary N) is 2. The Morgan fingerprint density at radius 2 is 2.05 bits per heavy atom. The van der Waals surface area contributed by atoms with E-state index in [1.54, 1.807) is 6.20 Å². The molecule has 0 bridgehead atoms. The van der Waals surface area contributed by atoms with Crippen LogP contribution in [0.15, 0.2) is 40.5 Å². The molecule has 2 amide bonds. The molecule has 2 N–H and O–H groups in total. The Labute approximate surface area is 130 Å². The average molecular weight is 339 g/mol. The first-order chi connectivity index (χ1) is 9.29. The van der Waals surface area contributed by atoms with Crippen LogP contribution >= 0.6 is 15.9 Å². The lowest BCUT2D eigenvalue weighted by Gasteiger charge is -2.19. The van der Waals surface area contributed by atoms with Crippen LogP contribution in [0.1, 0.15) is 33.3 Å². The number of hydrogen-bond acceptors (Lipinski definition) is 1. The summed E-state index contributed by atoms with van der Waals surface area (Å²) < 4.78 is 1.06.